The fourth-order valence-electron chi connectivity index (χ4n) is 1.11. The lowest BCUT2D eigenvalue weighted by Gasteiger charge is -1.97. The Labute approximate surface area is 70.4 Å². The van der Waals surface area contributed by atoms with Gasteiger partial charge < -0.3 is 0 Å². The van der Waals surface area contributed by atoms with Gasteiger partial charge in [-0.1, -0.05) is 0 Å². The highest BCUT2D eigenvalue weighted by Gasteiger charge is 2.01. The molecule has 2 aromatic rings. The van der Waals surface area contributed by atoms with Crippen LogP contribution in [-0.2, 0) is 7.05 Å². The topological polar surface area (TPSA) is 35.6 Å². The van der Waals surface area contributed by atoms with Crippen molar-refractivity contribution in [3.05, 3.63) is 30.4 Å². The zero-order valence-corrected chi connectivity index (χ0v) is 7.02. The second-order valence-corrected chi connectivity index (χ2v) is 2.66. The summed E-state index contributed by atoms with van der Waals surface area (Å²) in [6.07, 6.45) is 5.34. The molecule has 2 rings (SSSR count). The summed E-state index contributed by atoms with van der Waals surface area (Å²) >= 11 is 0. The lowest BCUT2D eigenvalue weighted by Crippen LogP contribution is -1.96. The van der Waals surface area contributed by atoms with Crippen molar-refractivity contribution in [1.29, 1.82) is 0 Å². The number of nitrogens with zero attached hydrogens (tertiary/aromatic N) is 4. The smallest absolute Gasteiger partial charge is 0.103 e. The van der Waals surface area contributed by atoms with Gasteiger partial charge in [0, 0.05) is 18.8 Å². The molecule has 2 aromatic heterocycles. The van der Waals surface area contributed by atoms with E-state index in [1.54, 1.807) is 21.8 Å². The van der Waals surface area contributed by atoms with E-state index in [0.717, 1.165) is 11.4 Å². The van der Waals surface area contributed by atoms with Gasteiger partial charge in [0.25, 0.3) is 0 Å². The Hall–Kier alpha value is -1.58. The zero-order chi connectivity index (χ0) is 8.55. The molecule has 0 aliphatic heterocycles. The monoisotopic (exact) mass is 161 g/mol. The summed E-state index contributed by atoms with van der Waals surface area (Å²) in [6.45, 7) is 1.96. The lowest BCUT2D eigenvalue weighted by atomic mass is 10.4. The molecule has 0 N–H and O–H groups in total. The maximum Gasteiger partial charge on any atom is 0.103 e. The second kappa shape index (κ2) is 2.48. The van der Waals surface area contributed by atoms with Gasteiger partial charge in [-0.05, 0) is 6.92 Å². The van der Waals surface area contributed by atoms with Crippen LogP contribution in [0.2, 0.25) is 0 Å². The lowest BCUT2D eigenvalue weighted by molar-refractivity contribution is 0.765. The second-order valence-electron chi connectivity index (χ2n) is 2.66. The molecule has 0 aliphatic rings. The van der Waals surface area contributed by atoms with Gasteiger partial charge in [-0.3, -0.25) is 4.68 Å². The van der Waals surface area contributed by atoms with Crippen molar-refractivity contribution in [2.75, 3.05) is 0 Å². The molecule has 0 bridgehead atoms. The van der Waals surface area contributed by atoms with Gasteiger partial charge in [0.05, 0.1) is 18.6 Å². The van der Waals surface area contributed by atoms with E-state index in [-0.39, 0.29) is 0 Å². The average molecular weight is 161 g/mol. The molecule has 0 amide bonds. The van der Waals surface area contributed by atoms with Crippen LogP contribution in [0.4, 0.5) is 0 Å². The first-order valence-corrected chi connectivity index (χ1v) is 3.69. The summed E-state index contributed by atoms with van der Waals surface area (Å²) in [6, 6.07) is 2.99. The molecular formula is C8H9N4. The Bertz CT molecular complexity index is 385. The van der Waals surface area contributed by atoms with E-state index < -0.39 is 0 Å². The quantitative estimate of drug-likeness (QED) is 0.617. The van der Waals surface area contributed by atoms with Crippen LogP contribution in [0.5, 0.6) is 0 Å². The van der Waals surface area contributed by atoms with E-state index >= 15 is 0 Å². The normalized spacial score (nSPS) is 10.5. The van der Waals surface area contributed by atoms with Crippen molar-refractivity contribution in [3.8, 4) is 5.69 Å². The van der Waals surface area contributed by atoms with Crippen LogP contribution in [0.15, 0.2) is 18.6 Å². The number of aryl methyl sites for hydroxylation is 2. The van der Waals surface area contributed by atoms with Gasteiger partial charge in [-0.15, -0.1) is 0 Å². The van der Waals surface area contributed by atoms with Gasteiger partial charge in [0.2, 0.25) is 0 Å². The van der Waals surface area contributed by atoms with Crippen molar-refractivity contribution < 1.29 is 0 Å². The Morgan fingerprint density at radius 1 is 1.42 bits per heavy atom. The minimum absolute atomic E-state index is 0.969. The van der Waals surface area contributed by atoms with Crippen LogP contribution in [0.1, 0.15) is 5.69 Å². The fourth-order valence-corrected chi connectivity index (χ4v) is 1.11. The molecule has 0 unspecified atom stereocenters. The zero-order valence-electron chi connectivity index (χ0n) is 7.02. The molecule has 2 heterocycles. The summed E-state index contributed by atoms with van der Waals surface area (Å²) in [4.78, 5) is 0. The highest BCUT2D eigenvalue weighted by atomic mass is 15.3. The molecule has 4 nitrogen and oxygen atoms in total. The van der Waals surface area contributed by atoms with Gasteiger partial charge in [-0.25, -0.2) is 4.68 Å². The minimum Gasteiger partial charge on any atom is -0.274 e. The van der Waals surface area contributed by atoms with Crippen molar-refractivity contribution in [1.82, 2.24) is 19.6 Å². The van der Waals surface area contributed by atoms with Crippen molar-refractivity contribution in [2.45, 2.75) is 6.92 Å². The molecule has 0 saturated heterocycles. The van der Waals surface area contributed by atoms with Crippen molar-refractivity contribution >= 4 is 0 Å². The molecule has 0 aliphatic carbocycles. The molecule has 0 spiro atoms. The van der Waals surface area contributed by atoms with E-state index in [4.69, 9.17) is 0 Å². The Morgan fingerprint density at radius 2 is 2.25 bits per heavy atom. The molecule has 0 aromatic carbocycles. The van der Waals surface area contributed by atoms with E-state index in [2.05, 4.69) is 16.3 Å². The number of aromatic nitrogens is 4. The molecule has 0 fully saturated rings. The fraction of sp³-hybridized carbons (Fsp3) is 0.250. The predicted molar refractivity (Wildman–Crippen MR) is 43.9 cm³/mol. The molecule has 12 heavy (non-hydrogen) atoms. The van der Waals surface area contributed by atoms with Crippen LogP contribution in [0.3, 0.4) is 0 Å². The van der Waals surface area contributed by atoms with Crippen LogP contribution >= 0.6 is 0 Å². The molecule has 1 radical (unpaired) electrons. The van der Waals surface area contributed by atoms with Crippen molar-refractivity contribution in [2.24, 2.45) is 7.05 Å². The summed E-state index contributed by atoms with van der Waals surface area (Å²) in [5.74, 6) is 0. The average Bonchev–Trinajstić information content (AvgIpc) is 2.58. The summed E-state index contributed by atoms with van der Waals surface area (Å²) < 4.78 is 3.55. The van der Waals surface area contributed by atoms with E-state index in [1.807, 2.05) is 20.2 Å². The van der Waals surface area contributed by atoms with E-state index in [0.29, 0.717) is 0 Å². The maximum atomic E-state index is 4.11. The summed E-state index contributed by atoms with van der Waals surface area (Å²) in [7, 11) is 1.88. The van der Waals surface area contributed by atoms with E-state index in [1.165, 1.54) is 0 Å². The summed E-state index contributed by atoms with van der Waals surface area (Å²) in [5.41, 5.74) is 1.96. The highest BCUT2D eigenvalue weighted by Crippen LogP contribution is 2.06. The molecule has 61 valence electrons. The third-order valence-corrected chi connectivity index (χ3v) is 1.70. The van der Waals surface area contributed by atoms with Crippen molar-refractivity contribution in [3.63, 3.8) is 0 Å². The highest BCUT2D eigenvalue weighted by molar-refractivity contribution is 5.25. The number of hydrogen-bond acceptors (Lipinski definition) is 2. The van der Waals surface area contributed by atoms with Crippen LogP contribution in [0, 0.1) is 13.0 Å². The summed E-state index contributed by atoms with van der Waals surface area (Å²) in [5, 5.41) is 8.16. The van der Waals surface area contributed by atoms with Crippen LogP contribution < -0.4 is 0 Å². The number of rotatable bonds is 1. The molecule has 0 atom stereocenters. The molecule has 0 saturated carbocycles. The molecule has 4 heteroatoms. The third kappa shape index (κ3) is 1.01. The maximum absolute atomic E-state index is 4.11. The minimum atomic E-state index is 0.969. The Morgan fingerprint density at radius 3 is 2.75 bits per heavy atom. The predicted octanol–water partition coefficient (Wildman–Crippen LogP) is 0.714. The van der Waals surface area contributed by atoms with Gasteiger partial charge in [0.15, 0.2) is 0 Å². The third-order valence-electron chi connectivity index (χ3n) is 1.70. The standard InChI is InChI=1S/C8H9N4/c1-7-3-4-9-12(7)8-5-10-11(2)6-8/h4-6H,1-2H3. The number of hydrogen-bond donors (Lipinski definition) is 0. The van der Waals surface area contributed by atoms with Gasteiger partial charge >= 0.3 is 0 Å². The molecular weight excluding hydrogens is 152 g/mol. The Balaban J connectivity index is 2.50. The first-order valence-electron chi connectivity index (χ1n) is 3.69. The first kappa shape index (κ1) is 7.09. The van der Waals surface area contributed by atoms with Gasteiger partial charge in [0.1, 0.15) is 5.69 Å². The van der Waals surface area contributed by atoms with Crippen LogP contribution in [0.25, 0.3) is 5.69 Å². The largest absolute Gasteiger partial charge is 0.274 e. The van der Waals surface area contributed by atoms with Gasteiger partial charge in [-0.2, -0.15) is 10.2 Å². The van der Waals surface area contributed by atoms with E-state index in [9.17, 15) is 0 Å². The SMILES string of the molecule is Cc1[c]cnn1-c1cnn(C)c1. The Kier molecular flexibility index (Phi) is 1.46. The first-order chi connectivity index (χ1) is 5.77. The van der Waals surface area contributed by atoms with Crippen LogP contribution in [-0.4, -0.2) is 19.6 Å².